The summed E-state index contributed by atoms with van der Waals surface area (Å²) < 4.78 is 28.6. The number of nitrogens with zero attached hydrogens (tertiary/aromatic N) is 5. The highest BCUT2D eigenvalue weighted by atomic mass is 16.6. The molecule has 1 amide bonds. The molecule has 12 heteroatoms. The average Bonchev–Trinajstić information content (AvgIpc) is 3.13. The second kappa shape index (κ2) is 17.4. The summed E-state index contributed by atoms with van der Waals surface area (Å²) in [6.07, 6.45) is 1.92. The molecule has 0 radical (unpaired) electrons. The van der Waals surface area contributed by atoms with Crippen molar-refractivity contribution in [3.63, 3.8) is 0 Å². The molecule has 0 spiro atoms. The molecular weight excluding hydrogens is 624 g/mol. The van der Waals surface area contributed by atoms with Gasteiger partial charge in [0.1, 0.15) is 18.2 Å². The number of ether oxygens (including phenoxy) is 5. The quantitative estimate of drug-likeness (QED) is 0.147. The zero-order valence-electron chi connectivity index (χ0n) is 28.9. The fourth-order valence-electron chi connectivity index (χ4n) is 5.63. The Bertz CT molecular complexity index is 1650. The number of likely N-dealkylation sites (N-methyl/N-ethyl adjacent to an activating group) is 1. The predicted octanol–water partition coefficient (Wildman–Crippen LogP) is 6.17. The van der Waals surface area contributed by atoms with Crippen molar-refractivity contribution in [1.82, 2.24) is 19.8 Å². The molecule has 0 saturated carbocycles. The van der Waals surface area contributed by atoms with E-state index in [-0.39, 0.29) is 12.6 Å². The average molecular weight is 671 g/mol. The van der Waals surface area contributed by atoms with E-state index in [4.69, 9.17) is 28.7 Å². The van der Waals surface area contributed by atoms with Gasteiger partial charge < -0.3 is 38.8 Å². The van der Waals surface area contributed by atoms with Crippen LogP contribution < -0.4 is 29.2 Å². The maximum atomic E-state index is 13.7. The van der Waals surface area contributed by atoms with Gasteiger partial charge in [-0.1, -0.05) is 42.5 Å². The Kier molecular flexibility index (Phi) is 12.5. The molecule has 0 unspecified atom stereocenters. The molecule has 1 fully saturated rings. The van der Waals surface area contributed by atoms with E-state index in [1.165, 1.54) is 4.90 Å². The minimum absolute atomic E-state index is 0.0635. The third-order valence-corrected chi connectivity index (χ3v) is 8.42. The molecule has 260 valence electrons. The highest BCUT2D eigenvalue weighted by Crippen LogP contribution is 2.41. The summed E-state index contributed by atoms with van der Waals surface area (Å²) in [7, 11) is 6.92. The van der Waals surface area contributed by atoms with E-state index in [2.05, 4.69) is 27.1 Å². The van der Waals surface area contributed by atoms with Crippen molar-refractivity contribution in [3.05, 3.63) is 90.1 Å². The number of amides is 1. The largest absolute Gasteiger partial charge is 0.497 e. The van der Waals surface area contributed by atoms with E-state index in [1.807, 2.05) is 67.6 Å². The van der Waals surface area contributed by atoms with Crippen LogP contribution in [-0.2, 0) is 11.3 Å². The minimum Gasteiger partial charge on any atom is -0.497 e. The predicted molar refractivity (Wildman–Crippen MR) is 189 cm³/mol. The van der Waals surface area contributed by atoms with Crippen LogP contribution >= 0.6 is 0 Å². The van der Waals surface area contributed by atoms with Gasteiger partial charge in [0.25, 0.3) is 0 Å². The van der Waals surface area contributed by atoms with E-state index >= 15 is 0 Å². The molecule has 1 saturated heterocycles. The van der Waals surface area contributed by atoms with Crippen LogP contribution in [0.1, 0.15) is 30.5 Å². The van der Waals surface area contributed by atoms with Crippen LogP contribution in [0.15, 0.2) is 79.0 Å². The first-order valence-electron chi connectivity index (χ1n) is 16.4. The van der Waals surface area contributed by atoms with Gasteiger partial charge in [-0.25, -0.2) is 9.78 Å². The Labute approximate surface area is 288 Å². The molecular formula is C37H46N6O6. The summed E-state index contributed by atoms with van der Waals surface area (Å²) in [6, 6.07) is 22.0. The number of aromatic nitrogens is 2. The van der Waals surface area contributed by atoms with E-state index < -0.39 is 12.1 Å². The molecule has 0 bridgehead atoms. The van der Waals surface area contributed by atoms with Gasteiger partial charge in [0.05, 0.1) is 34.0 Å². The summed E-state index contributed by atoms with van der Waals surface area (Å²) in [5.74, 6) is 2.87. The molecule has 12 nitrogen and oxygen atoms in total. The van der Waals surface area contributed by atoms with Crippen molar-refractivity contribution in [2.75, 3.05) is 77.9 Å². The van der Waals surface area contributed by atoms with Gasteiger partial charge in [0, 0.05) is 56.7 Å². The maximum Gasteiger partial charge on any atom is 0.416 e. The second-order valence-corrected chi connectivity index (χ2v) is 11.8. The number of nitrogens with one attached hydrogen (secondary N) is 1. The van der Waals surface area contributed by atoms with Gasteiger partial charge in [-0.05, 0) is 49.7 Å². The Balaban J connectivity index is 1.34. The maximum absolute atomic E-state index is 13.7. The topological polar surface area (TPSA) is 111 Å². The van der Waals surface area contributed by atoms with Crippen molar-refractivity contribution >= 4 is 23.5 Å². The van der Waals surface area contributed by atoms with Crippen molar-refractivity contribution in [1.29, 1.82) is 0 Å². The zero-order valence-corrected chi connectivity index (χ0v) is 28.9. The number of piperazine rings is 1. The monoisotopic (exact) mass is 670 g/mol. The second-order valence-electron chi connectivity index (χ2n) is 11.8. The first kappa shape index (κ1) is 35.2. The van der Waals surface area contributed by atoms with Crippen LogP contribution in [0.4, 0.5) is 22.2 Å². The van der Waals surface area contributed by atoms with Crippen LogP contribution in [0.25, 0.3) is 0 Å². The number of anilines is 3. The van der Waals surface area contributed by atoms with Crippen LogP contribution in [0.3, 0.4) is 0 Å². The molecule has 5 rings (SSSR count). The number of carbonyl (C=O) groups is 1. The molecule has 3 aromatic carbocycles. The Morgan fingerprint density at radius 3 is 2.43 bits per heavy atom. The van der Waals surface area contributed by atoms with Crippen molar-refractivity contribution in [3.8, 4) is 23.0 Å². The summed E-state index contributed by atoms with van der Waals surface area (Å²) >= 11 is 0. The molecule has 4 aromatic rings. The van der Waals surface area contributed by atoms with E-state index in [1.54, 1.807) is 39.7 Å². The first-order valence-corrected chi connectivity index (χ1v) is 16.4. The number of benzene rings is 3. The lowest BCUT2D eigenvalue weighted by Gasteiger charge is -2.32. The van der Waals surface area contributed by atoms with E-state index in [0.717, 1.165) is 50.3 Å². The van der Waals surface area contributed by atoms with Gasteiger partial charge in [-0.2, -0.15) is 4.98 Å². The Hall–Kier alpha value is -5.07. The lowest BCUT2D eigenvalue weighted by atomic mass is 10.1. The van der Waals surface area contributed by atoms with Crippen molar-refractivity contribution in [2.45, 2.75) is 26.0 Å². The number of methoxy groups -OCH3 is 3. The van der Waals surface area contributed by atoms with Crippen LogP contribution in [0.5, 0.6) is 23.0 Å². The fourth-order valence-corrected chi connectivity index (χ4v) is 5.63. The lowest BCUT2D eigenvalue weighted by Crippen LogP contribution is -2.44. The highest BCUT2D eigenvalue weighted by Gasteiger charge is 2.27. The normalized spacial score (nSPS) is 14.1. The molecule has 1 N–H and O–H groups in total. The van der Waals surface area contributed by atoms with Gasteiger partial charge in [-0.15, -0.1) is 0 Å². The van der Waals surface area contributed by atoms with E-state index in [0.29, 0.717) is 41.1 Å². The fraction of sp³-hybridized carbons (Fsp3) is 0.378. The van der Waals surface area contributed by atoms with Crippen molar-refractivity contribution < 1.29 is 28.5 Å². The Morgan fingerprint density at radius 1 is 0.918 bits per heavy atom. The number of hydrogen-bond acceptors (Lipinski definition) is 11. The van der Waals surface area contributed by atoms with Crippen LogP contribution in [0, 0.1) is 0 Å². The summed E-state index contributed by atoms with van der Waals surface area (Å²) in [5.41, 5.74) is 2.35. The molecule has 2 heterocycles. The third kappa shape index (κ3) is 9.52. The zero-order chi connectivity index (χ0) is 34.6. The van der Waals surface area contributed by atoms with E-state index in [9.17, 15) is 4.79 Å². The smallest absolute Gasteiger partial charge is 0.416 e. The SMILES string of the molecule is COc1cccc(COC(=O)N(c2ccnc(Nc3cc(OC)c(OC)c(OCCCN4CCN(C)CC4)c3)n2)[C@@H](C)c2ccccc2)c1. The van der Waals surface area contributed by atoms with Crippen LogP contribution in [-0.4, -0.2) is 93.6 Å². The Morgan fingerprint density at radius 2 is 1.69 bits per heavy atom. The molecule has 1 atom stereocenters. The van der Waals surface area contributed by atoms with Crippen molar-refractivity contribution in [2.24, 2.45) is 0 Å². The summed E-state index contributed by atoms with van der Waals surface area (Å²) in [4.78, 5) is 29.2. The van der Waals surface area contributed by atoms with Gasteiger partial charge >= 0.3 is 6.09 Å². The summed E-state index contributed by atoms with van der Waals surface area (Å²) in [5, 5.41) is 3.26. The van der Waals surface area contributed by atoms with Gasteiger partial charge in [-0.3, -0.25) is 4.90 Å². The molecule has 49 heavy (non-hydrogen) atoms. The summed E-state index contributed by atoms with van der Waals surface area (Å²) in [6.45, 7) is 7.76. The minimum atomic E-state index is -0.554. The number of hydrogen-bond donors (Lipinski definition) is 1. The number of carbonyl (C=O) groups excluding carboxylic acids is 1. The molecule has 1 aromatic heterocycles. The van der Waals surface area contributed by atoms with Crippen LogP contribution in [0.2, 0.25) is 0 Å². The number of rotatable bonds is 15. The third-order valence-electron chi connectivity index (χ3n) is 8.42. The first-order chi connectivity index (χ1) is 23.9. The highest BCUT2D eigenvalue weighted by molar-refractivity contribution is 5.87. The standard InChI is InChI=1S/C37H46N6O6/c1-27(29-12-7-6-8-13-29)43(37(44)49-26-28-11-9-14-31(23-28)45-3)34-15-16-38-36(40-34)39-30-24-32(46-4)35(47-5)33(25-30)48-22-10-17-42-20-18-41(2)19-21-42/h6-9,11-16,23-25,27H,10,17-22,26H2,1-5H3,(H,38,39,40)/t27-/m0/s1. The van der Waals surface area contributed by atoms with Gasteiger partial charge in [0.2, 0.25) is 11.7 Å². The van der Waals surface area contributed by atoms with Gasteiger partial charge in [0.15, 0.2) is 11.5 Å². The molecule has 0 aliphatic carbocycles. The molecule has 1 aliphatic rings. The lowest BCUT2D eigenvalue weighted by molar-refractivity contribution is 0.144. The molecule has 1 aliphatic heterocycles.